The van der Waals surface area contributed by atoms with Gasteiger partial charge in [0.05, 0.1) is 9.40 Å². The molecule has 10 aromatic rings. The van der Waals surface area contributed by atoms with Gasteiger partial charge in [0.2, 0.25) is 0 Å². The molecule has 0 aliphatic carbocycles. The van der Waals surface area contributed by atoms with E-state index in [-0.39, 0.29) is 0 Å². The second-order valence-electron chi connectivity index (χ2n) is 11.4. The van der Waals surface area contributed by atoms with Gasteiger partial charge in [-0.1, -0.05) is 78.9 Å². The molecule has 0 fully saturated rings. The molecule has 0 N–H and O–H groups in total. The summed E-state index contributed by atoms with van der Waals surface area (Å²) < 4.78 is 6.91. The third-order valence-electron chi connectivity index (χ3n) is 8.79. The zero-order valence-corrected chi connectivity index (χ0v) is 25.4. The molecule has 3 heterocycles. The molecule has 43 heavy (non-hydrogen) atoms. The van der Waals surface area contributed by atoms with Gasteiger partial charge >= 0.3 is 0 Å². The van der Waals surface area contributed by atoms with Gasteiger partial charge in [0, 0.05) is 29.7 Å². The first kappa shape index (κ1) is 24.0. The Bertz CT molecular complexity index is 2730. The van der Waals surface area contributed by atoms with Gasteiger partial charge in [0.25, 0.3) is 0 Å². The van der Waals surface area contributed by atoms with Crippen molar-refractivity contribution in [1.29, 1.82) is 0 Å². The van der Waals surface area contributed by atoms with Crippen LogP contribution in [0.4, 0.5) is 0 Å². The van der Waals surface area contributed by atoms with Crippen LogP contribution in [-0.4, -0.2) is 0 Å². The van der Waals surface area contributed by atoms with E-state index >= 15 is 0 Å². The molecule has 7 aromatic carbocycles. The minimum Gasteiger partial charge on any atom is -0.135 e. The molecule has 200 valence electrons. The van der Waals surface area contributed by atoms with Gasteiger partial charge in [-0.05, 0) is 109 Å². The molecule has 0 saturated carbocycles. The Morgan fingerprint density at radius 1 is 0.302 bits per heavy atom. The SMILES string of the molecule is c1ccc2cc(-c3cc4cc(-c5ccc6cc7sc8c9cc%10ccccc%10cc9sc8c7cc6c5)ccc4s3)ccc2c1. The number of rotatable bonds is 2. The summed E-state index contributed by atoms with van der Waals surface area (Å²) in [6, 6.07) is 49.8. The average Bonchev–Trinajstić information content (AvgIpc) is 3.73. The van der Waals surface area contributed by atoms with Crippen molar-refractivity contribution in [3.8, 4) is 21.6 Å². The van der Waals surface area contributed by atoms with Crippen LogP contribution in [0.15, 0.2) is 133 Å². The largest absolute Gasteiger partial charge is 0.135 e. The number of fused-ring (bicyclic) bond motifs is 9. The number of hydrogen-bond donors (Lipinski definition) is 0. The van der Waals surface area contributed by atoms with Crippen LogP contribution in [0.25, 0.3) is 93.5 Å². The fourth-order valence-electron chi connectivity index (χ4n) is 6.57. The van der Waals surface area contributed by atoms with Crippen molar-refractivity contribution >= 4 is 106 Å². The van der Waals surface area contributed by atoms with Crippen molar-refractivity contribution in [2.45, 2.75) is 0 Å². The highest BCUT2D eigenvalue weighted by Crippen LogP contribution is 2.46. The summed E-state index contributed by atoms with van der Waals surface area (Å²) in [6.07, 6.45) is 0. The Labute approximate surface area is 259 Å². The van der Waals surface area contributed by atoms with Crippen LogP contribution in [0.1, 0.15) is 0 Å². The van der Waals surface area contributed by atoms with Crippen molar-refractivity contribution in [1.82, 2.24) is 0 Å². The van der Waals surface area contributed by atoms with Gasteiger partial charge in [-0.15, -0.1) is 34.0 Å². The molecule has 0 unspecified atom stereocenters. The predicted molar refractivity (Wildman–Crippen MR) is 193 cm³/mol. The molecule has 0 aliphatic heterocycles. The summed E-state index contributed by atoms with van der Waals surface area (Å²) in [5, 5.41) is 11.9. The molecule has 0 atom stereocenters. The predicted octanol–water partition coefficient (Wildman–Crippen LogP) is 13.3. The van der Waals surface area contributed by atoms with Gasteiger partial charge in [-0.25, -0.2) is 0 Å². The lowest BCUT2D eigenvalue weighted by atomic mass is 9.99. The minimum absolute atomic E-state index is 1.27. The van der Waals surface area contributed by atoms with Crippen LogP contribution in [0.2, 0.25) is 0 Å². The van der Waals surface area contributed by atoms with Crippen LogP contribution in [0.5, 0.6) is 0 Å². The van der Waals surface area contributed by atoms with Crippen molar-refractivity contribution in [2.75, 3.05) is 0 Å². The Morgan fingerprint density at radius 3 is 1.56 bits per heavy atom. The van der Waals surface area contributed by atoms with Crippen molar-refractivity contribution in [3.63, 3.8) is 0 Å². The first-order chi connectivity index (χ1) is 21.2. The molecular formula is C40H22S3. The van der Waals surface area contributed by atoms with Gasteiger partial charge in [-0.3, -0.25) is 0 Å². The van der Waals surface area contributed by atoms with Crippen molar-refractivity contribution in [2.24, 2.45) is 0 Å². The van der Waals surface area contributed by atoms with E-state index in [4.69, 9.17) is 0 Å². The lowest BCUT2D eigenvalue weighted by Gasteiger charge is -2.05. The molecule has 0 aliphatic rings. The summed E-state index contributed by atoms with van der Waals surface area (Å²) in [4.78, 5) is 1.32. The Balaban J connectivity index is 1.08. The molecule has 3 aromatic heterocycles. The van der Waals surface area contributed by atoms with E-state index in [1.54, 1.807) is 0 Å². The molecule has 0 spiro atoms. The Kier molecular flexibility index (Phi) is 5.00. The fraction of sp³-hybridized carbons (Fsp3) is 0. The molecule has 3 heteroatoms. The molecular weight excluding hydrogens is 577 g/mol. The second-order valence-corrected chi connectivity index (χ2v) is 14.6. The summed E-state index contributed by atoms with van der Waals surface area (Å²) >= 11 is 5.74. The van der Waals surface area contributed by atoms with Crippen LogP contribution >= 0.6 is 34.0 Å². The number of benzene rings is 7. The van der Waals surface area contributed by atoms with Crippen LogP contribution in [-0.2, 0) is 0 Å². The van der Waals surface area contributed by atoms with Crippen LogP contribution in [0.3, 0.4) is 0 Å². The minimum atomic E-state index is 1.27. The first-order valence-electron chi connectivity index (χ1n) is 14.5. The molecule has 0 nitrogen and oxygen atoms in total. The van der Waals surface area contributed by atoms with Crippen molar-refractivity contribution < 1.29 is 0 Å². The van der Waals surface area contributed by atoms with Gasteiger partial charge in [-0.2, -0.15) is 0 Å². The Hall–Kier alpha value is -4.54. The van der Waals surface area contributed by atoms with Crippen LogP contribution < -0.4 is 0 Å². The summed E-state index contributed by atoms with van der Waals surface area (Å²) in [7, 11) is 0. The highest BCUT2D eigenvalue weighted by molar-refractivity contribution is 7.36. The molecule has 10 rings (SSSR count). The van der Waals surface area contributed by atoms with E-state index in [0.717, 1.165) is 0 Å². The lowest BCUT2D eigenvalue weighted by molar-refractivity contribution is 1.70. The third-order valence-corrected chi connectivity index (χ3v) is 12.5. The van der Waals surface area contributed by atoms with E-state index in [2.05, 4.69) is 133 Å². The number of hydrogen-bond acceptors (Lipinski definition) is 3. The summed E-state index contributed by atoms with van der Waals surface area (Å²) in [6.45, 7) is 0. The normalized spacial score (nSPS) is 12.2. The lowest BCUT2D eigenvalue weighted by Crippen LogP contribution is -1.79. The average molecular weight is 599 g/mol. The smallest absolute Gasteiger partial charge is 0.0542 e. The maximum absolute atomic E-state index is 2.42. The molecule has 0 saturated heterocycles. The maximum Gasteiger partial charge on any atom is 0.0542 e. The van der Waals surface area contributed by atoms with Gasteiger partial charge in [0.1, 0.15) is 0 Å². The monoisotopic (exact) mass is 598 g/mol. The standard InChI is InChI=1S/C40H22S3/c1-2-6-24-15-30(12-9-23(24)5-1)36-22-32-17-28(13-14-35(32)41-36)27-10-11-29-21-38-34(19-31(29)16-27)40-39(43-38)33-18-25-7-3-4-8-26(25)20-37(33)42-40/h1-22H. The fourth-order valence-corrected chi connectivity index (χ4v) is 10.3. The first-order valence-corrected chi connectivity index (χ1v) is 16.9. The topological polar surface area (TPSA) is 0 Å². The quantitative estimate of drug-likeness (QED) is 0.186. The van der Waals surface area contributed by atoms with E-state index < -0.39 is 0 Å². The summed E-state index contributed by atoms with van der Waals surface area (Å²) in [5.74, 6) is 0. The molecule has 0 amide bonds. The third kappa shape index (κ3) is 3.72. The van der Waals surface area contributed by atoms with E-state index in [9.17, 15) is 0 Å². The Morgan fingerprint density at radius 2 is 0.814 bits per heavy atom. The molecule has 0 bridgehead atoms. The number of thiophene rings is 3. The van der Waals surface area contributed by atoms with Crippen molar-refractivity contribution in [3.05, 3.63) is 133 Å². The van der Waals surface area contributed by atoms with Gasteiger partial charge in [0.15, 0.2) is 0 Å². The van der Waals surface area contributed by atoms with E-state index in [0.29, 0.717) is 0 Å². The summed E-state index contributed by atoms with van der Waals surface area (Å²) in [5.41, 5.74) is 3.82. The second kappa shape index (κ2) is 8.98. The highest BCUT2D eigenvalue weighted by Gasteiger charge is 2.14. The zero-order valence-electron chi connectivity index (χ0n) is 22.9. The zero-order chi connectivity index (χ0) is 28.1. The van der Waals surface area contributed by atoms with Crippen LogP contribution in [0, 0.1) is 0 Å². The van der Waals surface area contributed by atoms with E-state index in [1.807, 2.05) is 34.0 Å². The molecule has 0 radical (unpaired) electrons. The maximum atomic E-state index is 2.42. The highest BCUT2D eigenvalue weighted by atomic mass is 32.1. The van der Waals surface area contributed by atoms with Gasteiger partial charge < -0.3 is 0 Å². The van der Waals surface area contributed by atoms with E-state index in [1.165, 1.54) is 93.5 Å².